The van der Waals surface area contributed by atoms with Crippen molar-refractivity contribution in [3.8, 4) is 0 Å². The van der Waals surface area contributed by atoms with Crippen LogP contribution in [0.1, 0.15) is 44.4 Å². The molecule has 1 amide bonds. The number of rotatable bonds is 8. The van der Waals surface area contributed by atoms with Crippen LogP contribution in [-0.2, 0) is 26.8 Å². The Morgan fingerprint density at radius 2 is 1.58 bits per heavy atom. The minimum atomic E-state index is -3.99. The Hall–Kier alpha value is -3.71. The van der Waals surface area contributed by atoms with Gasteiger partial charge in [-0.25, -0.2) is 8.42 Å². The Kier molecular flexibility index (Phi) is 7.88. The molecule has 0 unspecified atom stereocenters. The molecule has 0 saturated carbocycles. The fourth-order valence-corrected chi connectivity index (χ4v) is 5.72. The Labute approximate surface area is 226 Å². The van der Waals surface area contributed by atoms with E-state index in [1.54, 1.807) is 35.4 Å². The van der Waals surface area contributed by atoms with Crippen LogP contribution in [0.5, 0.6) is 0 Å². The summed E-state index contributed by atoms with van der Waals surface area (Å²) in [6.45, 7) is 10.6. The number of hydrogen-bond acceptors (Lipinski definition) is 4. The lowest BCUT2D eigenvalue weighted by Gasteiger charge is -2.28. The molecule has 4 rings (SSSR count). The molecule has 3 aromatic carbocycles. The Bertz CT molecular complexity index is 1520. The van der Waals surface area contributed by atoms with Gasteiger partial charge in [0, 0.05) is 24.7 Å². The van der Waals surface area contributed by atoms with Crippen LogP contribution in [0.3, 0.4) is 0 Å². The topological polar surface area (TPSA) is 70.6 Å². The number of sulfonamides is 1. The van der Waals surface area contributed by atoms with E-state index < -0.39 is 10.0 Å². The Morgan fingerprint density at radius 1 is 0.921 bits per heavy atom. The van der Waals surface area contributed by atoms with Crippen LogP contribution in [0.4, 0.5) is 5.69 Å². The van der Waals surface area contributed by atoms with Crippen LogP contribution < -0.4 is 4.31 Å². The van der Waals surface area contributed by atoms with Gasteiger partial charge in [0.25, 0.3) is 10.0 Å². The lowest BCUT2D eigenvalue weighted by molar-refractivity contribution is -0.129. The van der Waals surface area contributed by atoms with Gasteiger partial charge in [-0.2, -0.15) is 0 Å². The van der Waals surface area contributed by atoms with E-state index in [-0.39, 0.29) is 22.8 Å². The number of nitrogens with zero attached hydrogens (tertiary/aromatic N) is 3. The van der Waals surface area contributed by atoms with E-state index >= 15 is 0 Å². The highest BCUT2D eigenvalue weighted by molar-refractivity contribution is 7.92. The fourth-order valence-electron chi connectivity index (χ4n) is 4.30. The van der Waals surface area contributed by atoms with Gasteiger partial charge in [-0.15, -0.1) is 0 Å². The van der Waals surface area contributed by atoms with Crippen LogP contribution in [0.2, 0.25) is 0 Å². The minimum absolute atomic E-state index is 0.103. The molecule has 7 heteroatoms. The number of carbonyl (C=O) groups is 1. The van der Waals surface area contributed by atoms with Crippen molar-refractivity contribution in [1.82, 2.24) is 9.88 Å². The van der Waals surface area contributed by atoms with Gasteiger partial charge in [0.1, 0.15) is 6.54 Å². The molecule has 0 saturated heterocycles. The van der Waals surface area contributed by atoms with E-state index in [1.807, 2.05) is 68.4 Å². The minimum Gasteiger partial charge on any atom is -0.337 e. The number of anilines is 1. The molecule has 4 aromatic rings. The molecule has 0 radical (unpaired) electrons. The highest BCUT2D eigenvalue weighted by Gasteiger charge is 2.29. The van der Waals surface area contributed by atoms with Gasteiger partial charge < -0.3 is 4.90 Å². The summed E-state index contributed by atoms with van der Waals surface area (Å²) >= 11 is 0. The molecule has 38 heavy (non-hydrogen) atoms. The number of para-hydroxylation sites is 1. The molecule has 198 valence electrons. The van der Waals surface area contributed by atoms with Crippen LogP contribution in [0.25, 0.3) is 10.9 Å². The smallest absolute Gasteiger partial charge is 0.264 e. The highest BCUT2D eigenvalue weighted by atomic mass is 32.2. The predicted molar refractivity (Wildman–Crippen MR) is 154 cm³/mol. The van der Waals surface area contributed by atoms with E-state index in [0.717, 1.165) is 27.6 Å². The SMILES string of the molecule is CCN(Cc1cnc2ccccc2c1)C(=O)CN(c1ccc(C)cc1)S(=O)(=O)c1ccc(C(C)(C)C)cc1. The van der Waals surface area contributed by atoms with Gasteiger partial charge in [-0.05, 0) is 66.8 Å². The molecule has 1 aromatic heterocycles. The number of benzene rings is 3. The zero-order valence-corrected chi connectivity index (χ0v) is 23.5. The van der Waals surface area contributed by atoms with E-state index in [4.69, 9.17) is 0 Å². The first-order valence-electron chi connectivity index (χ1n) is 12.8. The Balaban J connectivity index is 1.64. The number of amides is 1. The summed E-state index contributed by atoms with van der Waals surface area (Å²) in [7, 11) is -3.99. The van der Waals surface area contributed by atoms with Crippen LogP contribution in [0, 0.1) is 6.92 Å². The number of carbonyl (C=O) groups excluding carboxylic acids is 1. The van der Waals surface area contributed by atoms with Crippen LogP contribution in [0.15, 0.2) is 90.0 Å². The second-order valence-electron chi connectivity index (χ2n) is 10.6. The van der Waals surface area contributed by atoms with E-state index in [0.29, 0.717) is 18.8 Å². The molecule has 0 aliphatic rings. The van der Waals surface area contributed by atoms with Gasteiger partial charge in [-0.1, -0.05) is 68.8 Å². The molecule has 0 bridgehead atoms. The quantitative estimate of drug-likeness (QED) is 0.277. The third kappa shape index (κ3) is 6.05. The number of hydrogen-bond donors (Lipinski definition) is 0. The van der Waals surface area contributed by atoms with Crippen molar-refractivity contribution in [2.75, 3.05) is 17.4 Å². The second kappa shape index (κ2) is 11.0. The highest BCUT2D eigenvalue weighted by Crippen LogP contribution is 2.28. The van der Waals surface area contributed by atoms with Gasteiger partial charge in [0.15, 0.2) is 0 Å². The summed E-state index contributed by atoms with van der Waals surface area (Å²) in [4.78, 5) is 19.9. The molecule has 0 atom stereocenters. The standard InChI is InChI=1S/C31H35N3O3S/c1-6-33(21-24-19-25-9-7-8-10-29(25)32-20-24)30(35)22-34(27-15-11-23(2)12-16-27)38(36,37)28-17-13-26(14-18-28)31(3,4)5/h7-20H,6,21-22H2,1-5H3. The average molecular weight is 530 g/mol. The van der Waals surface area contributed by atoms with Gasteiger partial charge in [0.2, 0.25) is 5.91 Å². The second-order valence-corrected chi connectivity index (χ2v) is 12.4. The molecule has 0 fully saturated rings. The fraction of sp³-hybridized carbons (Fsp3) is 0.290. The van der Waals surface area contributed by atoms with Crippen LogP contribution in [-0.4, -0.2) is 37.3 Å². The lowest BCUT2D eigenvalue weighted by Crippen LogP contribution is -2.42. The zero-order valence-electron chi connectivity index (χ0n) is 22.7. The lowest BCUT2D eigenvalue weighted by atomic mass is 9.87. The molecular formula is C31H35N3O3S. The molecule has 0 aliphatic carbocycles. The zero-order chi connectivity index (χ0) is 27.5. The summed E-state index contributed by atoms with van der Waals surface area (Å²) < 4.78 is 29.0. The van der Waals surface area contributed by atoms with Crippen molar-refractivity contribution in [1.29, 1.82) is 0 Å². The summed E-state index contributed by atoms with van der Waals surface area (Å²) in [5.74, 6) is -0.281. The van der Waals surface area contributed by atoms with Gasteiger partial charge in [0.05, 0.1) is 16.1 Å². The predicted octanol–water partition coefficient (Wildman–Crippen LogP) is 6.08. The first kappa shape index (κ1) is 27.3. The summed E-state index contributed by atoms with van der Waals surface area (Å²) in [6.07, 6.45) is 1.77. The number of fused-ring (bicyclic) bond motifs is 1. The van der Waals surface area contributed by atoms with Crippen molar-refractivity contribution in [2.45, 2.75) is 51.5 Å². The number of aromatic nitrogens is 1. The van der Waals surface area contributed by atoms with E-state index in [2.05, 4.69) is 25.8 Å². The normalized spacial score (nSPS) is 11.9. The average Bonchev–Trinajstić information content (AvgIpc) is 2.90. The van der Waals surface area contributed by atoms with Crippen LogP contribution >= 0.6 is 0 Å². The largest absolute Gasteiger partial charge is 0.337 e. The Morgan fingerprint density at radius 3 is 2.21 bits per heavy atom. The van der Waals surface area contributed by atoms with Crippen molar-refractivity contribution < 1.29 is 13.2 Å². The maximum Gasteiger partial charge on any atom is 0.264 e. The third-order valence-electron chi connectivity index (χ3n) is 6.66. The molecule has 6 nitrogen and oxygen atoms in total. The molecule has 0 N–H and O–H groups in total. The third-order valence-corrected chi connectivity index (χ3v) is 8.45. The van der Waals surface area contributed by atoms with Crippen molar-refractivity contribution >= 4 is 32.5 Å². The number of likely N-dealkylation sites (N-methyl/N-ethyl adjacent to an activating group) is 1. The summed E-state index contributed by atoms with van der Waals surface area (Å²) in [5.41, 5.74) is 4.17. The van der Waals surface area contributed by atoms with Gasteiger partial charge >= 0.3 is 0 Å². The number of aryl methyl sites for hydroxylation is 1. The number of pyridine rings is 1. The van der Waals surface area contributed by atoms with Gasteiger partial charge in [-0.3, -0.25) is 14.1 Å². The van der Waals surface area contributed by atoms with E-state index in [1.165, 1.54) is 4.31 Å². The van der Waals surface area contributed by atoms with Crippen molar-refractivity contribution in [3.63, 3.8) is 0 Å². The first-order valence-corrected chi connectivity index (χ1v) is 14.2. The van der Waals surface area contributed by atoms with Crippen molar-refractivity contribution in [2.24, 2.45) is 0 Å². The van der Waals surface area contributed by atoms with E-state index in [9.17, 15) is 13.2 Å². The monoisotopic (exact) mass is 529 g/mol. The maximum absolute atomic E-state index is 13.9. The molecule has 0 aliphatic heterocycles. The summed E-state index contributed by atoms with van der Waals surface area (Å²) in [5, 5.41) is 0.996. The molecule has 0 spiro atoms. The maximum atomic E-state index is 13.9. The molecular weight excluding hydrogens is 494 g/mol. The van der Waals surface area contributed by atoms with Crippen molar-refractivity contribution in [3.05, 3.63) is 102 Å². The molecule has 1 heterocycles. The first-order chi connectivity index (χ1) is 18.0. The summed E-state index contributed by atoms with van der Waals surface area (Å²) in [6, 6.07) is 24.0.